The van der Waals surface area contributed by atoms with Gasteiger partial charge in [0, 0.05) is 5.02 Å². The van der Waals surface area contributed by atoms with Gasteiger partial charge in [0.15, 0.2) is 0 Å². The second-order valence-corrected chi connectivity index (χ2v) is 4.48. The summed E-state index contributed by atoms with van der Waals surface area (Å²) in [6, 6.07) is 5.56. The molecule has 0 heterocycles. The summed E-state index contributed by atoms with van der Waals surface area (Å²) in [5.74, 6) is -0.723. The second-order valence-electron chi connectivity index (χ2n) is 4.04. The monoisotopic (exact) mass is 224 g/mol. The van der Waals surface area contributed by atoms with Crippen LogP contribution in [0.1, 0.15) is 30.9 Å². The van der Waals surface area contributed by atoms with Gasteiger partial charge < -0.3 is 5.11 Å². The van der Waals surface area contributed by atoms with Crippen molar-refractivity contribution in [3.05, 3.63) is 34.3 Å². The summed E-state index contributed by atoms with van der Waals surface area (Å²) in [7, 11) is 0. The molecule has 1 fully saturated rings. The van der Waals surface area contributed by atoms with Crippen molar-refractivity contribution < 1.29 is 9.90 Å². The fraction of sp³-hybridized carbons (Fsp3) is 0.417. The van der Waals surface area contributed by atoms with E-state index in [1.54, 1.807) is 0 Å². The standard InChI is InChI=1S/C12H13ClO2/c1-2-8-3-4-9(13)7-10(8)12(5-6-12)11(14)15/h3-4,7H,2,5-6H2,1H3,(H,14,15). The van der Waals surface area contributed by atoms with Crippen LogP contribution in [-0.2, 0) is 16.6 Å². The van der Waals surface area contributed by atoms with Crippen LogP contribution in [0.4, 0.5) is 0 Å². The van der Waals surface area contributed by atoms with Crippen molar-refractivity contribution in [2.45, 2.75) is 31.6 Å². The van der Waals surface area contributed by atoms with Gasteiger partial charge >= 0.3 is 5.97 Å². The summed E-state index contributed by atoms with van der Waals surface area (Å²) >= 11 is 5.92. The van der Waals surface area contributed by atoms with Crippen molar-refractivity contribution in [2.75, 3.05) is 0 Å². The van der Waals surface area contributed by atoms with E-state index in [2.05, 4.69) is 0 Å². The number of aryl methyl sites for hydroxylation is 1. The second kappa shape index (κ2) is 3.53. The van der Waals surface area contributed by atoms with Crippen LogP contribution in [0.2, 0.25) is 5.02 Å². The van der Waals surface area contributed by atoms with Gasteiger partial charge in [-0.15, -0.1) is 0 Å². The molecule has 0 saturated heterocycles. The predicted molar refractivity (Wildman–Crippen MR) is 59.4 cm³/mol. The van der Waals surface area contributed by atoms with E-state index in [0.29, 0.717) is 5.02 Å². The molecule has 0 amide bonds. The van der Waals surface area contributed by atoms with E-state index in [9.17, 15) is 9.90 Å². The summed E-state index contributed by atoms with van der Waals surface area (Å²) in [5.41, 5.74) is 1.36. The van der Waals surface area contributed by atoms with Gasteiger partial charge in [0.2, 0.25) is 0 Å². The SMILES string of the molecule is CCc1ccc(Cl)cc1C1(C(=O)O)CC1. The molecule has 80 valence electrons. The van der Waals surface area contributed by atoms with Gasteiger partial charge in [-0.05, 0) is 42.5 Å². The average Bonchev–Trinajstić information content (AvgIpc) is 2.98. The Morgan fingerprint density at radius 1 is 1.53 bits per heavy atom. The van der Waals surface area contributed by atoms with E-state index >= 15 is 0 Å². The summed E-state index contributed by atoms with van der Waals surface area (Å²) < 4.78 is 0. The van der Waals surface area contributed by atoms with E-state index in [1.165, 1.54) is 0 Å². The molecule has 0 aromatic heterocycles. The van der Waals surface area contributed by atoms with Gasteiger partial charge in [-0.25, -0.2) is 0 Å². The molecule has 1 aromatic rings. The Labute approximate surface area is 93.9 Å². The van der Waals surface area contributed by atoms with Crippen molar-refractivity contribution in [1.29, 1.82) is 0 Å². The Morgan fingerprint density at radius 3 is 2.67 bits per heavy atom. The fourth-order valence-corrected chi connectivity index (χ4v) is 2.20. The van der Waals surface area contributed by atoms with Crippen LogP contribution in [-0.4, -0.2) is 11.1 Å². The lowest BCUT2D eigenvalue weighted by atomic mass is 9.90. The van der Waals surface area contributed by atoms with Crippen LogP contribution >= 0.6 is 11.6 Å². The maximum absolute atomic E-state index is 11.2. The molecule has 1 aliphatic carbocycles. The number of benzene rings is 1. The van der Waals surface area contributed by atoms with Crippen molar-refractivity contribution in [1.82, 2.24) is 0 Å². The Kier molecular flexibility index (Phi) is 2.47. The molecule has 15 heavy (non-hydrogen) atoms. The first kappa shape index (κ1) is 10.5. The predicted octanol–water partition coefficient (Wildman–Crippen LogP) is 3.02. The van der Waals surface area contributed by atoms with Crippen molar-refractivity contribution in [3.8, 4) is 0 Å². The molecule has 0 unspecified atom stereocenters. The van der Waals surface area contributed by atoms with Crippen molar-refractivity contribution in [2.24, 2.45) is 0 Å². The number of carboxylic acid groups (broad SMARTS) is 1. The normalized spacial score (nSPS) is 17.5. The van der Waals surface area contributed by atoms with Gasteiger partial charge in [0.25, 0.3) is 0 Å². The highest BCUT2D eigenvalue weighted by atomic mass is 35.5. The highest BCUT2D eigenvalue weighted by molar-refractivity contribution is 6.30. The molecule has 0 radical (unpaired) electrons. The minimum Gasteiger partial charge on any atom is -0.481 e. The molecule has 0 aliphatic heterocycles. The number of aliphatic carboxylic acids is 1. The summed E-state index contributed by atoms with van der Waals surface area (Å²) in [6.07, 6.45) is 2.31. The summed E-state index contributed by atoms with van der Waals surface area (Å²) in [5, 5.41) is 9.85. The average molecular weight is 225 g/mol. The van der Waals surface area contributed by atoms with Crippen LogP contribution in [0.5, 0.6) is 0 Å². The Morgan fingerprint density at radius 2 is 2.20 bits per heavy atom. The zero-order chi connectivity index (χ0) is 11.1. The van der Waals surface area contributed by atoms with Crippen molar-refractivity contribution >= 4 is 17.6 Å². The number of carboxylic acids is 1. The number of carbonyl (C=O) groups is 1. The number of rotatable bonds is 3. The lowest BCUT2D eigenvalue weighted by molar-refractivity contribution is -0.140. The fourth-order valence-electron chi connectivity index (χ4n) is 2.03. The van der Waals surface area contributed by atoms with Gasteiger partial charge in [-0.3, -0.25) is 4.79 Å². The first-order valence-corrected chi connectivity index (χ1v) is 5.50. The van der Waals surface area contributed by atoms with E-state index < -0.39 is 11.4 Å². The third-order valence-electron chi connectivity index (χ3n) is 3.13. The number of hydrogen-bond acceptors (Lipinski definition) is 1. The molecule has 1 aliphatic rings. The van der Waals surface area contributed by atoms with Gasteiger partial charge in [-0.2, -0.15) is 0 Å². The van der Waals surface area contributed by atoms with Crippen LogP contribution in [0.25, 0.3) is 0 Å². The quantitative estimate of drug-likeness (QED) is 0.857. The molecular weight excluding hydrogens is 212 g/mol. The molecule has 0 bridgehead atoms. The van der Waals surface area contributed by atoms with E-state index in [-0.39, 0.29) is 0 Å². The molecule has 0 spiro atoms. The first-order valence-electron chi connectivity index (χ1n) is 5.12. The molecule has 0 atom stereocenters. The number of hydrogen-bond donors (Lipinski definition) is 1. The van der Waals surface area contributed by atoms with E-state index in [1.807, 2.05) is 25.1 Å². The summed E-state index contributed by atoms with van der Waals surface area (Å²) in [6.45, 7) is 2.03. The Balaban J connectivity index is 2.51. The third-order valence-corrected chi connectivity index (χ3v) is 3.36. The minimum atomic E-state index is -0.723. The van der Waals surface area contributed by atoms with Crippen LogP contribution in [0.3, 0.4) is 0 Å². The summed E-state index contributed by atoms with van der Waals surface area (Å²) in [4.78, 5) is 11.2. The largest absolute Gasteiger partial charge is 0.481 e. The maximum atomic E-state index is 11.2. The van der Waals surface area contributed by atoms with E-state index in [0.717, 1.165) is 30.4 Å². The highest BCUT2D eigenvalue weighted by Crippen LogP contribution is 2.50. The Bertz CT molecular complexity index is 408. The topological polar surface area (TPSA) is 37.3 Å². The van der Waals surface area contributed by atoms with Gasteiger partial charge in [-0.1, -0.05) is 24.6 Å². The molecule has 1 N–H and O–H groups in total. The molecule has 1 saturated carbocycles. The highest BCUT2D eigenvalue weighted by Gasteiger charge is 2.52. The molecule has 2 rings (SSSR count). The first-order chi connectivity index (χ1) is 7.10. The smallest absolute Gasteiger partial charge is 0.314 e. The molecule has 1 aromatic carbocycles. The minimum absolute atomic E-state index is 0.620. The maximum Gasteiger partial charge on any atom is 0.314 e. The molecule has 2 nitrogen and oxygen atoms in total. The third kappa shape index (κ3) is 1.63. The van der Waals surface area contributed by atoms with Gasteiger partial charge in [0.1, 0.15) is 0 Å². The number of halogens is 1. The van der Waals surface area contributed by atoms with Crippen LogP contribution in [0.15, 0.2) is 18.2 Å². The molecule has 3 heteroatoms. The lowest BCUT2D eigenvalue weighted by Crippen LogP contribution is -2.21. The van der Waals surface area contributed by atoms with Crippen LogP contribution < -0.4 is 0 Å². The van der Waals surface area contributed by atoms with E-state index in [4.69, 9.17) is 11.6 Å². The zero-order valence-electron chi connectivity index (χ0n) is 8.59. The van der Waals surface area contributed by atoms with Crippen molar-refractivity contribution in [3.63, 3.8) is 0 Å². The Hall–Kier alpha value is -1.02. The molecular formula is C12H13ClO2. The lowest BCUT2D eigenvalue weighted by Gasteiger charge is -2.15. The van der Waals surface area contributed by atoms with Gasteiger partial charge in [0.05, 0.1) is 5.41 Å². The van der Waals surface area contributed by atoms with Crippen LogP contribution in [0, 0.1) is 0 Å². The zero-order valence-corrected chi connectivity index (χ0v) is 9.34.